The van der Waals surface area contributed by atoms with Crippen molar-refractivity contribution >= 4 is 23.2 Å². The van der Waals surface area contributed by atoms with E-state index in [-0.39, 0.29) is 34.3 Å². The summed E-state index contributed by atoms with van der Waals surface area (Å²) in [5, 5.41) is 4.97. The van der Waals surface area contributed by atoms with Crippen LogP contribution in [0.15, 0.2) is 79.1 Å². The van der Waals surface area contributed by atoms with Gasteiger partial charge in [-0.05, 0) is 100 Å². The third-order valence-corrected chi connectivity index (χ3v) is 7.66. The van der Waals surface area contributed by atoms with E-state index in [1.54, 1.807) is 53.8 Å². The first-order chi connectivity index (χ1) is 22.7. The Balaban J connectivity index is 0.000000188. The number of carbonyl (C=O) groups excluding carboxylic acids is 2. The molecule has 1 N–H and O–H groups in total. The molecule has 0 radical (unpaired) electrons. The van der Waals surface area contributed by atoms with Gasteiger partial charge in [-0.1, -0.05) is 17.9 Å². The number of nitrogens with zero attached hydrogens (tertiary/aromatic N) is 5. The van der Waals surface area contributed by atoms with Gasteiger partial charge < -0.3 is 0 Å². The molecule has 0 spiro atoms. The van der Waals surface area contributed by atoms with Crippen LogP contribution in [-0.2, 0) is 9.59 Å². The lowest BCUT2D eigenvalue weighted by Crippen LogP contribution is -2.44. The Morgan fingerprint density at radius 2 is 1.38 bits per heavy atom. The minimum absolute atomic E-state index is 0.00466. The maximum atomic E-state index is 13.6. The van der Waals surface area contributed by atoms with Crippen molar-refractivity contribution in [2.75, 3.05) is 17.1 Å². The van der Waals surface area contributed by atoms with Crippen LogP contribution in [0, 0.1) is 41.1 Å². The Labute approximate surface area is 277 Å². The third-order valence-electron chi connectivity index (χ3n) is 7.66. The fraction of sp³-hybridized carbons (Fsp3) is 0.243. The first-order valence-corrected chi connectivity index (χ1v) is 15.0. The fourth-order valence-corrected chi connectivity index (χ4v) is 4.99. The molecular weight excluding hydrogens is 617 g/mol. The van der Waals surface area contributed by atoms with E-state index in [2.05, 4.69) is 39.1 Å². The zero-order valence-corrected chi connectivity index (χ0v) is 27.1. The lowest BCUT2D eigenvalue weighted by molar-refractivity contribution is -0.118. The van der Waals surface area contributed by atoms with Gasteiger partial charge in [0, 0.05) is 36.5 Å². The summed E-state index contributed by atoms with van der Waals surface area (Å²) >= 11 is 0. The average Bonchev–Trinajstić information content (AvgIpc) is 3.44. The zero-order chi connectivity index (χ0) is 34.6. The Kier molecular flexibility index (Phi) is 9.67. The Bertz CT molecular complexity index is 1970. The number of pyridine rings is 2. The number of halogens is 3. The van der Waals surface area contributed by atoms with Crippen LogP contribution in [0.2, 0.25) is 0 Å². The highest BCUT2D eigenvalue weighted by molar-refractivity contribution is 5.96. The van der Waals surface area contributed by atoms with E-state index in [4.69, 9.17) is 0 Å². The molecule has 0 aliphatic carbocycles. The number of amides is 2. The van der Waals surface area contributed by atoms with E-state index in [1.165, 1.54) is 17.1 Å². The van der Waals surface area contributed by atoms with Crippen molar-refractivity contribution in [3.05, 3.63) is 119 Å². The maximum Gasteiger partial charge on any atom is 0.243 e. The lowest BCUT2D eigenvalue weighted by atomic mass is 10.0. The van der Waals surface area contributed by atoms with E-state index in [9.17, 15) is 22.8 Å². The van der Waals surface area contributed by atoms with Crippen LogP contribution < -0.4 is 15.4 Å². The van der Waals surface area contributed by atoms with Crippen molar-refractivity contribution < 1.29 is 22.8 Å². The molecule has 2 aliphatic heterocycles. The molecule has 2 amide bonds. The summed E-state index contributed by atoms with van der Waals surface area (Å²) in [4.78, 5) is 32.6. The molecule has 0 atom stereocenters. The molecule has 2 aromatic heterocycles. The minimum atomic E-state index is -0.586. The predicted octanol–water partition coefficient (Wildman–Crippen LogP) is 5.76. The highest BCUT2D eigenvalue weighted by Crippen LogP contribution is 2.32. The van der Waals surface area contributed by atoms with Crippen molar-refractivity contribution in [2.24, 2.45) is 0 Å². The molecule has 0 unspecified atom stereocenters. The SMILES string of the molecule is CC1(C)CC(=O)N(c2ccc(C#Cc3cccc(F)c3)nc2)N1.CN1N(c2ccc(C#Cc3cc(F)ccc3F)nc2)C(=O)CC1(C)C. The van der Waals surface area contributed by atoms with E-state index >= 15 is 0 Å². The van der Waals surface area contributed by atoms with E-state index in [0.29, 0.717) is 41.2 Å². The highest BCUT2D eigenvalue weighted by Gasteiger charge is 2.42. The van der Waals surface area contributed by atoms with Gasteiger partial charge in [0.1, 0.15) is 28.8 Å². The smallest absolute Gasteiger partial charge is 0.243 e. The molecule has 4 heterocycles. The van der Waals surface area contributed by atoms with Crippen molar-refractivity contribution in [2.45, 2.75) is 51.6 Å². The number of rotatable bonds is 2. The second kappa shape index (κ2) is 13.7. The molecule has 48 heavy (non-hydrogen) atoms. The number of hydrogen-bond donors (Lipinski definition) is 1. The van der Waals surface area contributed by atoms with Crippen LogP contribution in [0.3, 0.4) is 0 Å². The summed E-state index contributed by atoms with van der Waals surface area (Å²) in [6.45, 7) is 7.92. The summed E-state index contributed by atoms with van der Waals surface area (Å²) in [6, 6.07) is 16.1. The molecule has 8 nitrogen and oxygen atoms in total. The molecule has 2 fully saturated rings. The van der Waals surface area contributed by atoms with E-state index in [1.807, 2.05) is 39.8 Å². The van der Waals surface area contributed by atoms with Gasteiger partial charge in [0.25, 0.3) is 0 Å². The topological polar surface area (TPSA) is 81.7 Å². The summed E-state index contributed by atoms with van der Waals surface area (Å²) in [7, 11) is 1.85. The molecule has 11 heteroatoms. The average molecular weight is 651 g/mol. The number of hydrogen-bond acceptors (Lipinski definition) is 6. The number of aromatic nitrogens is 2. The number of benzene rings is 2. The van der Waals surface area contributed by atoms with Crippen molar-refractivity contribution in [3.63, 3.8) is 0 Å². The van der Waals surface area contributed by atoms with E-state index in [0.717, 1.165) is 18.2 Å². The standard InChI is InChI=1S/C19H17F2N3O.C18H16FN3O/c1-19(2)11-18(25)24(23(19)3)16-8-7-15(22-12-16)6-4-13-10-14(20)5-9-17(13)21;1-18(2)11-17(23)22(21-18)16-9-8-15(20-12-16)7-6-13-4-3-5-14(19)10-13/h5,7-10,12H,11H2,1-3H3;3-5,8-10,12,21H,11H2,1-2H3. The van der Waals surface area contributed by atoms with Crippen LogP contribution in [0.1, 0.15) is 63.1 Å². The summed E-state index contributed by atoms with van der Waals surface area (Å²) in [5.41, 5.74) is 5.48. The highest BCUT2D eigenvalue weighted by atomic mass is 19.1. The van der Waals surface area contributed by atoms with Gasteiger partial charge in [-0.25, -0.2) is 43.6 Å². The molecule has 0 bridgehead atoms. The van der Waals surface area contributed by atoms with Crippen LogP contribution in [0.4, 0.5) is 24.5 Å². The normalized spacial score (nSPS) is 16.4. The Morgan fingerprint density at radius 3 is 1.94 bits per heavy atom. The number of hydrazine groups is 2. The third kappa shape index (κ3) is 8.07. The van der Waals surface area contributed by atoms with Crippen LogP contribution in [0.25, 0.3) is 0 Å². The van der Waals surface area contributed by atoms with Crippen molar-refractivity contribution in [3.8, 4) is 23.7 Å². The molecule has 2 aromatic carbocycles. The van der Waals surface area contributed by atoms with Crippen LogP contribution in [-0.4, -0.2) is 44.9 Å². The van der Waals surface area contributed by atoms with Gasteiger partial charge in [-0.3, -0.25) is 9.59 Å². The van der Waals surface area contributed by atoms with E-state index < -0.39 is 11.6 Å². The quantitative estimate of drug-likeness (QED) is 0.278. The molecule has 244 valence electrons. The van der Waals surface area contributed by atoms with Crippen LogP contribution in [0.5, 0.6) is 0 Å². The number of anilines is 2. The lowest BCUT2D eigenvalue weighted by Gasteiger charge is -2.32. The predicted molar refractivity (Wildman–Crippen MR) is 176 cm³/mol. The summed E-state index contributed by atoms with van der Waals surface area (Å²) < 4.78 is 39.8. The molecule has 4 aromatic rings. The summed E-state index contributed by atoms with van der Waals surface area (Å²) in [6.07, 6.45) is 4.00. The molecule has 2 saturated heterocycles. The number of carbonyl (C=O) groups is 2. The maximum absolute atomic E-state index is 13.6. The number of nitrogens with one attached hydrogen (secondary N) is 1. The van der Waals surface area contributed by atoms with Crippen LogP contribution >= 0.6 is 0 Å². The van der Waals surface area contributed by atoms with Gasteiger partial charge in [0.15, 0.2) is 0 Å². The zero-order valence-electron chi connectivity index (χ0n) is 27.1. The van der Waals surface area contributed by atoms with Gasteiger partial charge in [0.2, 0.25) is 11.8 Å². The Morgan fingerprint density at radius 1 is 0.729 bits per heavy atom. The largest absolute Gasteiger partial charge is 0.273 e. The first kappa shape index (κ1) is 33.9. The van der Waals surface area contributed by atoms with Gasteiger partial charge in [-0.2, -0.15) is 0 Å². The van der Waals surface area contributed by atoms with Gasteiger partial charge >= 0.3 is 0 Å². The first-order valence-electron chi connectivity index (χ1n) is 15.0. The van der Waals surface area contributed by atoms with Crippen molar-refractivity contribution in [1.82, 2.24) is 20.4 Å². The Hall–Kier alpha value is -5.49. The minimum Gasteiger partial charge on any atom is -0.273 e. The van der Waals surface area contributed by atoms with Gasteiger partial charge in [-0.15, -0.1) is 0 Å². The summed E-state index contributed by atoms with van der Waals surface area (Å²) in [5.74, 6) is 9.57. The van der Waals surface area contributed by atoms with Gasteiger partial charge in [0.05, 0.1) is 29.3 Å². The molecule has 0 saturated carbocycles. The monoisotopic (exact) mass is 650 g/mol. The second-order valence-electron chi connectivity index (χ2n) is 12.6. The molecule has 2 aliphatic rings. The molecular formula is C37H33F3N6O2. The van der Waals surface area contributed by atoms with Crippen molar-refractivity contribution in [1.29, 1.82) is 0 Å². The second-order valence-corrected chi connectivity index (χ2v) is 12.6. The fourth-order valence-electron chi connectivity index (χ4n) is 4.99. The molecule has 6 rings (SSSR count).